The van der Waals surface area contributed by atoms with Crippen molar-refractivity contribution < 1.29 is 24.2 Å². The van der Waals surface area contributed by atoms with Crippen LogP contribution in [-0.2, 0) is 14.3 Å². The summed E-state index contributed by atoms with van der Waals surface area (Å²) in [6.45, 7) is 1.78. The van der Waals surface area contributed by atoms with Gasteiger partial charge in [0.05, 0.1) is 13.7 Å². The molecule has 17 heavy (non-hydrogen) atoms. The average molecular weight is 238 g/mol. The number of carbonyl (C=O) groups excluding carboxylic acids is 1. The van der Waals surface area contributed by atoms with E-state index in [0.717, 1.165) is 0 Å². The van der Waals surface area contributed by atoms with Gasteiger partial charge in [0.15, 0.2) is 5.92 Å². The Morgan fingerprint density at radius 3 is 2.29 bits per heavy atom. The van der Waals surface area contributed by atoms with Gasteiger partial charge in [0.25, 0.3) is 0 Å². The summed E-state index contributed by atoms with van der Waals surface area (Å²) in [5, 5.41) is 9.02. The van der Waals surface area contributed by atoms with E-state index in [0.29, 0.717) is 11.3 Å². The predicted molar refractivity (Wildman–Crippen MR) is 60.0 cm³/mol. The maximum Gasteiger partial charge on any atom is 0.324 e. The molecule has 0 aliphatic carbocycles. The first-order chi connectivity index (χ1) is 8.10. The molecule has 0 heterocycles. The molecule has 1 rings (SSSR count). The molecule has 0 aliphatic rings. The van der Waals surface area contributed by atoms with Gasteiger partial charge >= 0.3 is 11.9 Å². The van der Waals surface area contributed by atoms with Gasteiger partial charge in [-0.1, -0.05) is 12.1 Å². The molecule has 92 valence electrons. The lowest BCUT2D eigenvalue weighted by molar-refractivity contribution is -0.153. The summed E-state index contributed by atoms with van der Waals surface area (Å²) in [6.07, 6.45) is 0. The van der Waals surface area contributed by atoms with Crippen molar-refractivity contribution in [2.75, 3.05) is 13.7 Å². The molecule has 0 saturated carbocycles. The summed E-state index contributed by atoms with van der Waals surface area (Å²) < 4.78 is 9.68. The van der Waals surface area contributed by atoms with E-state index in [9.17, 15) is 9.59 Å². The molecular weight excluding hydrogens is 224 g/mol. The highest BCUT2D eigenvalue weighted by atomic mass is 16.5. The first kappa shape index (κ1) is 13.0. The van der Waals surface area contributed by atoms with Gasteiger partial charge in [-0.15, -0.1) is 0 Å². The minimum Gasteiger partial charge on any atom is -0.497 e. The summed E-state index contributed by atoms with van der Waals surface area (Å²) in [4.78, 5) is 22.5. The number of carboxylic acids is 1. The van der Waals surface area contributed by atoms with E-state index in [-0.39, 0.29) is 6.61 Å². The molecule has 0 bridgehead atoms. The predicted octanol–water partition coefficient (Wildman–Crippen LogP) is 1.43. The van der Waals surface area contributed by atoms with Crippen molar-refractivity contribution in [3.8, 4) is 5.75 Å². The molecule has 1 aromatic rings. The van der Waals surface area contributed by atoms with Gasteiger partial charge in [-0.2, -0.15) is 0 Å². The maximum absolute atomic E-state index is 11.5. The number of aliphatic carboxylic acids is 1. The standard InChI is InChI=1S/C12H14O5/c1-3-17-12(15)10(11(13)14)8-4-6-9(16-2)7-5-8/h4-7,10H,3H2,1-2H3,(H,13,14)/t10-/m1/s1. The Hall–Kier alpha value is -2.04. The third-order valence-electron chi connectivity index (χ3n) is 2.22. The Kier molecular flexibility index (Phi) is 4.51. The van der Waals surface area contributed by atoms with Crippen molar-refractivity contribution in [2.24, 2.45) is 0 Å². The molecular formula is C12H14O5. The molecule has 5 heteroatoms. The minimum absolute atomic E-state index is 0.152. The van der Waals surface area contributed by atoms with E-state index in [1.807, 2.05) is 0 Å². The molecule has 0 unspecified atom stereocenters. The topological polar surface area (TPSA) is 72.8 Å². The van der Waals surface area contributed by atoms with Crippen LogP contribution in [0.1, 0.15) is 18.4 Å². The van der Waals surface area contributed by atoms with Gasteiger partial charge in [0, 0.05) is 0 Å². The van der Waals surface area contributed by atoms with Crippen molar-refractivity contribution in [1.82, 2.24) is 0 Å². The molecule has 5 nitrogen and oxygen atoms in total. The number of benzene rings is 1. The quantitative estimate of drug-likeness (QED) is 0.620. The van der Waals surface area contributed by atoms with Crippen LogP contribution in [0.3, 0.4) is 0 Å². The molecule has 0 saturated heterocycles. The molecule has 0 spiro atoms. The number of ether oxygens (including phenoxy) is 2. The smallest absolute Gasteiger partial charge is 0.324 e. The van der Waals surface area contributed by atoms with Crippen LogP contribution >= 0.6 is 0 Å². The summed E-state index contributed by atoms with van der Waals surface area (Å²) in [6, 6.07) is 6.28. The SMILES string of the molecule is CCOC(=O)[C@@H](C(=O)O)c1ccc(OC)cc1. The molecule has 0 amide bonds. The van der Waals surface area contributed by atoms with Crippen LogP contribution in [0.25, 0.3) is 0 Å². The van der Waals surface area contributed by atoms with Crippen molar-refractivity contribution >= 4 is 11.9 Å². The van der Waals surface area contributed by atoms with Crippen molar-refractivity contribution in [3.05, 3.63) is 29.8 Å². The van der Waals surface area contributed by atoms with Crippen molar-refractivity contribution in [1.29, 1.82) is 0 Å². The zero-order valence-corrected chi connectivity index (χ0v) is 9.67. The fourth-order valence-electron chi connectivity index (χ4n) is 1.40. The van der Waals surface area contributed by atoms with E-state index >= 15 is 0 Å². The number of hydrogen-bond donors (Lipinski definition) is 1. The zero-order chi connectivity index (χ0) is 12.8. The number of esters is 1. The summed E-state index contributed by atoms with van der Waals surface area (Å²) in [5.74, 6) is -2.68. The normalized spacial score (nSPS) is 11.6. The Balaban J connectivity index is 2.97. The maximum atomic E-state index is 11.5. The van der Waals surface area contributed by atoms with Gasteiger partial charge in [0.2, 0.25) is 0 Å². The number of carboxylic acid groups (broad SMARTS) is 1. The first-order valence-electron chi connectivity index (χ1n) is 5.13. The van der Waals surface area contributed by atoms with Crippen LogP contribution in [0.15, 0.2) is 24.3 Å². The second kappa shape index (κ2) is 5.89. The van der Waals surface area contributed by atoms with Gasteiger partial charge < -0.3 is 14.6 Å². The van der Waals surface area contributed by atoms with Crippen LogP contribution in [0.4, 0.5) is 0 Å². The van der Waals surface area contributed by atoms with E-state index in [4.69, 9.17) is 14.6 Å². The minimum atomic E-state index is -1.29. The lowest BCUT2D eigenvalue weighted by Gasteiger charge is -2.11. The largest absolute Gasteiger partial charge is 0.497 e. The third kappa shape index (κ3) is 3.21. The first-order valence-corrected chi connectivity index (χ1v) is 5.13. The van der Waals surface area contributed by atoms with Crippen LogP contribution in [0, 0.1) is 0 Å². The van der Waals surface area contributed by atoms with Gasteiger partial charge in [0.1, 0.15) is 5.75 Å². The van der Waals surface area contributed by atoms with Gasteiger partial charge in [-0.3, -0.25) is 9.59 Å². The van der Waals surface area contributed by atoms with Crippen molar-refractivity contribution in [2.45, 2.75) is 12.8 Å². The number of hydrogen-bond acceptors (Lipinski definition) is 4. The molecule has 1 N–H and O–H groups in total. The molecule has 0 aromatic heterocycles. The van der Waals surface area contributed by atoms with Crippen LogP contribution in [0.5, 0.6) is 5.75 Å². The highest BCUT2D eigenvalue weighted by Crippen LogP contribution is 2.21. The van der Waals surface area contributed by atoms with Crippen LogP contribution < -0.4 is 4.74 Å². The average Bonchev–Trinajstić information content (AvgIpc) is 2.30. The third-order valence-corrected chi connectivity index (χ3v) is 2.22. The van der Waals surface area contributed by atoms with E-state index in [2.05, 4.69) is 0 Å². The van der Waals surface area contributed by atoms with Crippen LogP contribution in [-0.4, -0.2) is 30.8 Å². The van der Waals surface area contributed by atoms with Crippen LogP contribution in [0.2, 0.25) is 0 Å². The Morgan fingerprint density at radius 1 is 1.29 bits per heavy atom. The lowest BCUT2D eigenvalue weighted by atomic mass is 9.99. The molecule has 0 radical (unpaired) electrons. The Bertz CT molecular complexity index is 396. The second-order valence-electron chi connectivity index (χ2n) is 3.30. The second-order valence-corrected chi connectivity index (χ2v) is 3.30. The summed E-state index contributed by atoms with van der Waals surface area (Å²) >= 11 is 0. The van der Waals surface area contributed by atoms with E-state index in [1.165, 1.54) is 19.2 Å². The summed E-state index contributed by atoms with van der Waals surface area (Å²) in [5.41, 5.74) is 0.372. The number of carbonyl (C=O) groups is 2. The molecule has 1 aromatic carbocycles. The fraction of sp³-hybridized carbons (Fsp3) is 0.333. The Morgan fingerprint density at radius 2 is 1.88 bits per heavy atom. The zero-order valence-electron chi connectivity index (χ0n) is 9.67. The fourth-order valence-corrected chi connectivity index (χ4v) is 1.40. The number of methoxy groups -OCH3 is 1. The highest BCUT2D eigenvalue weighted by Gasteiger charge is 2.29. The van der Waals surface area contributed by atoms with E-state index in [1.54, 1.807) is 19.1 Å². The molecule has 1 atom stereocenters. The Labute approximate surface area is 99.0 Å². The van der Waals surface area contributed by atoms with Gasteiger partial charge in [-0.25, -0.2) is 0 Å². The van der Waals surface area contributed by atoms with Gasteiger partial charge in [-0.05, 0) is 24.6 Å². The molecule has 0 fully saturated rings. The van der Waals surface area contributed by atoms with E-state index < -0.39 is 17.9 Å². The molecule has 0 aliphatic heterocycles. The monoisotopic (exact) mass is 238 g/mol. The highest BCUT2D eigenvalue weighted by molar-refractivity contribution is 5.99. The van der Waals surface area contributed by atoms with Crippen molar-refractivity contribution in [3.63, 3.8) is 0 Å². The summed E-state index contributed by atoms with van der Waals surface area (Å²) in [7, 11) is 1.51. The lowest BCUT2D eigenvalue weighted by Crippen LogP contribution is -2.23. The number of rotatable bonds is 5.